The second kappa shape index (κ2) is 8.10. The van der Waals surface area contributed by atoms with Gasteiger partial charge in [0, 0.05) is 29.9 Å². The van der Waals surface area contributed by atoms with Crippen molar-refractivity contribution in [2.75, 3.05) is 6.54 Å². The lowest BCUT2D eigenvalue weighted by atomic mass is 10.0. The van der Waals surface area contributed by atoms with Crippen LogP contribution in [0.25, 0.3) is 21.9 Å². The number of hydrogen-bond donors (Lipinski definition) is 1. The summed E-state index contributed by atoms with van der Waals surface area (Å²) in [5.74, 6) is -0.0428. The van der Waals surface area contributed by atoms with Crippen LogP contribution in [0.2, 0.25) is 5.02 Å². The van der Waals surface area contributed by atoms with Crippen LogP contribution in [0.1, 0.15) is 26.2 Å². The van der Waals surface area contributed by atoms with E-state index in [-0.39, 0.29) is 22.5 Å². The molecule has 1 amide bonds. The van der Waals surface area contributed by atoms with Crippen molar-refractivity contribution >= 4 is 28.3 Å². The average Bonchev–Trinajstić information content (AvgIpc) is 3.15. The monoisotopic (exact) mass is 452 g/mol. The number of halogens is 2. The number of hydrogen-bond acceptors (Lipinski definition) is 3. The summed E-state index contributed by atoms with van der Waals surface area (Å²) >= 11 is 6.24. The standard InChI is InChI=1S/C25H22ClFN2O3/c1-14(25(31)29-9-8-15-2-4-17(29)10-15)32-18-5-7-19-21(12-18)24(30)28-13-22(19)20-6-3-16(27)11-23(20)26/h3,5-8,11-14,17H,2,4,9-10H2,1H3,(H,28,30). The highest BCUT2D eigenvalue weighted by molar-refractivity contribution is 6.33. The molecule has 1 fully saturated rings. The Morgan fingerprint density at radius 1 is 1.22 bits per heavy atom. The van der Waals surface area contributed by atoms with Crippen LogP contribution < -0.4 is 10.3 Å². The summed E-state index contributed by atoms with van der Waals surface area (Å²) in [6.07, 6.45) is 6.07. The minimum absolute atomic E-state index is 0.0481. The van der Waals surface area contributed by atoms with Gasteiger partial charge in [-0.25, -0.2) is 4.39 Å². The Balaban J connectivity index is 1.43. The van der Waals surface area contributed by atoms with E-state index in [9.17, 15) is 14.0 Å². The van der Waals surface area contributed by atoms with Crippen LogP contribution in [0.5, 0.6) is 5.75 Å². The van der Waals surface area contributed by atoms with E-state index in [1.54, 1.807) is 37.4 Å². The second-order valence-corrected chi connectivity index (χ2v) is 8.78. The molecule has 0 saturated heterocycles. The fourth-order valence-electron chi connectivity index (χ4n) is 4.69. The molecule has 0 radical (unpaired) electrons. The number of benzene rings is 2. The summed E-state index contributed by atoms with van der Waals surface area (Å²) in [6, 6.07) is 9.53. The number of carbonyl (C=O) groups excluding carboxylic acids is 1. The van der Waals surface area contributed by atoms with Gasteiger partial charge in [0.25, 0.3) is 11.5 Å². The number of fused-ring (bicyclic) bond motifs is 3. The Morgan fingerprint density at radius 2 is 2.06 bits per heavy atom. The predicted molar refractivity (Wildman–Crippen MR) is 122 cm³/mol. The molecule has 1 saturated carbocycles. The predicted octanol–water partition coefficient (Wildman–Crippen LogP) is 5.08. The molecule has 2 aliphatic rings. The van der Waals surface area contributed by atoms with Crippen LogP contribution in [0.4, 0.5) is 4.39 Å². The number of aromatic nitrogens is 1. The van der Waals surface area contributed by atoms with Crippen LogP contribution in [0.3, 0.4) is 0 Å². The number of nitrogens with zero attached hydrogens (tertiary/aromatic N) is 1. The number of nitrogens with one attached hydrogen (secondary N) is 1. The topological polar surface area (TPSA) is 62.4 Å². The summed E-state index contributed by atoms with van der Waals surface area (Å²) in [6.45, 7) is 2.37. The fourth-order valence-corrected chi connectivity index (χ4v) is 4.96. The largest absolute Gasteiger partial charge is 0.481 e. The second-order valence-electron chi connectivity index (χ2n) is 8.37. The highest BCUT2D eigenvalue weighted by Gasteiger charge is 2.34. The molecule has 1 N–H and O–H groups in total. The van der Waals surface area contributed by atoms with Gasteiger partial charge in [-0.1, -0.05) is 23.3 Å². The van der Waals surface area contributed by atoms with Crippen molar-refractivity contribution in [1.29, 1.82) is 0 Å². The molecule has 2 atom stereocenters. The number of rotatable bonds is 4. The Morgan fingerprint density at radius 3 is 2.88 bits per heavy atom. The SMILES string of the molecule is CC(Oc1ccc2c(-c3ccc(F)cc3Cl)c[nH]c(=O)c2c1)C(=O)N1CC=C2CCC1C2. The third-order valence-electron chi connectivity index (χ3n) is 6.35. The maximum atomic E-state index is 13.5. The van der Waals surface area contributed by atoms with Crippen LogP contribution >= 0.6 is 11.6 Å². The summed E-state index contributed by atoms with van der Waals surface area (Å²) in [7, 11) is 0. The van der Waals surface area contributed by atoms with Gasteiger partial charge in [0.2, 0.25) is 0 Å². The molecular weight excluding hydrogens is 431 g/mol. The van der Waals surface area contributed by atoms with Gasteiger partial charge in [0.15, 0.2) is 6.10 Å². The first-order valence-electron chi connectivity index (χ1n) is 10.7. The van der Waals surface area contributed by atoms with E-state index in [4.69, 9.17) is 16.3 Å². The van der Waals surface area contributed by atoms with Crippen molar-refractivity contribution < 1.29 is 13.9 Å². The zero-order valence-electron chi connectivity index (χ0n) is 17.5. The summed E-state index contributed by atoms with van der Waals surface area (Å²) in [4.78, 5) is 30.1. The maximum Gasteiger partial charge on any atom is 0.263 e. The summed E-state index contributed by atoms with van der Waals surface area (Å²) in [5, 5.41) is 1.32. The van der Waals surface area contributed by atoms with Crippen LogP contribution in [-0.2, 0) is 4.79 Å². The van der Waals surface area contributed by atoms with Gasteiger partial charge in [-0.3, -0.25) is 9.59 Å². The molecule has 2 aromatic carbocycles. The van der Waals surface area contributed by atoms with E-state index >= 15 is 0 Å². The van der Waals surface area contributed by atoms with Gasteiger partial charge >= 0.3 is 0 Å². The molecule has 32 heavy (non-hydrogen) atoms. The van der Waals surface area contributed by atoms with Crippen molar-refractivity contribution in [3.8, 4) is 16.9 Å². The van der Waals surface area contributed by atoms with E-state index in [2.05, 4.69) is 11.1 Å². The van der Waals surface area contributed by atoms with Crippen LogP contribution in [0, 0.1) is 5.82 Å². The zero-order chi connectivity index (χ0) is 22.4. The zero-order valence-corrected chi connectivity index (χ0v) is 18.3. The molecule has 2 bridgehead atoms. The molecular formula is C25H22ClFN2O3. The highest BCUT2D eigenvalue weighted by Crippen LogP contribution is 2.35. The molecule has 1 aliphatic heterocycles. The quantitative estimate of drug-likeness (QED) is 0.562. The molecule has 5 rings (SSSR count). The number of amides is 1. The molecule has 1 aromatic heterocycles. The number of ether oxygens (including phenoxy) is 1. The summed E-state index contributed by atoms with van der Waals surface area (Å²) < 4.78 is 19.4. The number of H-pyrrole nitrogens is 1. The Bertz CT molecular complexity index is 1320. The van der Waals surface area contributed by atoms with Gasteiger partial charge in [0.05, 0.1) is 10.4 Å². The molecule has 7 heteroatoms. The number of aromatic amines is 1. The molecule has 2 unspecified atom stereocenters. The Kier molecular flexibility index (Phi) is 5.25. The van der Waals surface area contributed by atoms with Crippen LogP contribution in [-0.4, -0.2) is 34.5 Å². The minimum atomic E-state index is -0.670. The van der Waals surface area contributed by atoms with E-state index in [0.29, 0.717) is 34.2 Å². The van der Waals surface area contributed by atoms with Crippen molar-refractivity contribution in [1.82, 2.24) is 9.88 Å². The van der Waals surface area contributed by atoms with E-state index in [1.165, 1.54) is 17.7 Å². The van der Waals surface area contributed by atoms with E-state index in [1.807, 2.05) is 4.90 Å². The maximum absolute atomic E-state index is 13.5. The van der Waals surface area contributed by atoms with Gasteiger partial charge in [-0.15, -0.1) is 0 Å². The molecule has 2 heterocycles. The lowest BCUT2D eigenvalue weighted by Crippen LogP contribution is -2.46. The average molecular weight is 453 g/mol. The first kappa shape index (κ1) is 20.8. The third kappa shape index (κ3) is 3.69. The van der Waals surface area contributed by atoms with Crippen LogP contribution in [0.15, 0.2) is 59.0 Å². The molecule has 3 aromatic rings. The van der Waals surface area contributed by atoms with E-state index in [0.717, 1.165) is 19.3 Å². The molecule has 1 aliphatic carbocycles. The minimum Gasteiger partial charge on any atom is -0.481 e. The first-order chi connectivity index (χ1) is 15.4. The summed E-state index contributed by atoms with van der Waals surface area (Å²) in [5.41, 5.74) is 2.45. The normalized spacial score (nSPS) is 18.5. The van der Waals surface area contributed by atoms with Gasteiger partial charge in [-0.2, -0.15) is 0 Å². The number of carbonyl (C=O) groups is 1. The number of pyridine rings is 1. The first-order valence-corrected chi connectivity index (χ1v) is 11.0. The van der Waals surface area contributed by atoms with Crippen molar-refractivity contribution in [2.45, 2.75) is 38.3 Å². The highest BCUT2D eigenvalue weighted by atomic mass is 35.5. The van der Waals surface area contributed by atoms with Gasteiger partial charge < -0.3 is 14.6 Å². The lowest BCUT2D eigenvalue weighted by molar-refractivity contribution is -0.139. The molecule has 0 spiro atoms. The van der Waals surface area contributed by atoms with E-state index < -0.39 is 11.9 Å². The van der Waals surface area contributed by atoms with Gasteiger partial charge in [0.1, 0.15) is 11.6 Å². The van der Waals surface area contributed by atoms with Crippen molar-refractivity contribution in [3.63, 3.8) is 0 Å². The fraction of sp³-hybridized carbons (Fsp3) is 0.280. The smallest absolute Gasteiger partial charge is 0.263 e. The third-order valence-corrected chi connectivity index (χ3v) is 6.67. The van der Waals surface area contributed by atoms with Crippen molar-refractivity contribution in [2.24, 2.45) is 0 Å². The molecule has 164 valence electrons. The Hall–Kier alpha value is -3.12. The van der Waals surface area contributed by atoms with Crippen molar-refractivity contribution in [3.05, 3.63) is 75.4 Å². The Labute approximate surface area is 189 Å². The lowest BCUT2D eigenvalue weighted by Gasteiger charge is -2.32. The van der Waals surface area contributed by atoms with Gasteiger partial charge in [-0.05, 0) is 68.0 Å². The molecule has 5 nitrogen and oxygen atoms in total.